The maximum absolute atomic E-state index is 10.7. The Morgan fingerprint density at radius 3 is 2.39 bits per heavy atom. The van der Waals surface area contributed by atoms with Crippen LogP contribution in [0.5, 0.6) is 5.75 Å². The van der Waals surface area contributed by atoms with E-state index in [2.05, 4.69) is 0 Å². The maximum atomic E-state index is 10.7. The quantitative estimate of drug-likeness (QED) is 0.770. The van der Waals surface area contributed by atoms with E-state index in [1.165, 1.54) is 0 Å². The van der Waals surface area contributed by atoms with Crippen molar-refractivity contribution in [2.45, 2.75) is 45.6 Å². The van der Waals surface area contributed by atoms with Gasteiger partial charge in [-0.25, -0.2) is 0 Å². The van der Waals surface area contributed by atoms with E-state index in [1.54, 1.807) is 6.07 Å². The Morgan fingerprint density at radius 2 is 1.94 bits per heavy atom. The van der Waals surface area contributed by atoms with Crippen molar-refractivity contribution < 1.29 is 15.0 Å². The summed E-state index contributed by atoms with van der Waals surface area (Å²) in [7, 11) is 0. The normalized spacial score (nSPS) is 13.4. The van der Waals surface area contributed by atoms with E-state index in [0.29, 0.717) is 0 Å². The van der Waals surface area contributed by atoms with Gasteiger partial charge in [0.15, 0.2) is 0 Å². The average Bonchev–Trinajstić information content (AvgIpc) is 2.13. The molecule has 0 aliphatic carbocycles. The summed E-state index contributed by atoms with van der Waals surface area (Å²) < 4.78 is 0. The highest BCUT2D eigenvalue weighted by molar-refractivity contribution is 5.68. The van der Waals surface area contributed by atoms with Gasteiger partial charge < -0.3 is 15.9 Å². The van der Waals surface area contributed by atoms with Crippen LogP contribution in [0.4, 0.5) is 0 Å². The molecule has 4 heteroatoms. The summed E-state index contributed by atoms with van der Waals surface area (Å²) in [5.41, 5.74) is 8.06. The molecular weight excluding hydrogens is 230 g/mol. The minimum absolute atomic E-state index is 0.116. The number of aliphatic carboxylic acids is 1. The van der Waals surface area contributed by atoms with Crippen LogP contribution >= 0.6 is 0 Å². The van der Waals surface area contributed by atoms with Gasteiger partial charge in [0.25, 0.3) is 0 Å². The fourth-order valence-corrected chi connectivity index (χ4v) is 2.01. The third-order valence-electron chi connectivity index (χ3n) is 2.99. The third-order valence-corrected chi connectivity index (χ3v) is 2.99. The number of aryl methyl sites for hydroxylation is 1. The highest BCUT2D eigenvalue weighted by Crippen LogP contribution is 2.34. The van der Waals surface area contributed by atoms with Gasteiger partial charge in [-0.2, -0.15) is 0 Å². The Kier molecular flexibility index (Phi) is 4.02. The lowest BCUT2D eigenvalue weighted by Gasteiger charge is -2.24. The number of carboxylic acids is 1. The van der Waals surface area contributed by atoms with Crippen molar-refractivity contribution in [3.8, 4) is 5.75 Å². The first-order valence-electron chi connectivity index (χ1n) is 5.94. The van der Waals surface area contributed by atoms with Crippen LogP contribution in [0.15, 0.2) is 12.1 Å². The van der Waals surface area contributed by atoms with Gasteiger partial charge in [0.2, 0.25) is 0 Å². The standard InChI is InChI=1S/C14H21NO3/c1-8-5-12(16)10(14(2,3)4)6-9(8)11(15)7-13(17)18/h5-6,11,16H,7,15H2,1-4H3,(H,17,18). The molecule has 0 saturated heterocycles. The monoisotopic (exact) mass is 251 g/mol. The number of phenolic OH excluding ortho intramolecular Hbond substituents is 1. The van der Waals surface area contributed by atoms with Crippen LogP contribution in [0.25, 0.3) is 0 Å². The Bertz CT molecular complexity index is 461. The van der Waals surface area contributed by atoms with Crippen molar-refractivity contribution in [1.82, 2.24) is 0 Å². The van der Waals surface area contributed by atoms with Crippen LogP contribution in [0, 0.1) is 6.92 Å². The summed E-state index contributed by atoms with van der Waals surface area (Å²) in [6, 6.07) is 2.92. The largest absolute Gasteiger partial charge is 0.508 e. The fourth-order valence-electron chi connectivity index (χ4n) is 2.01. The van der Waals surface area contributed by atoms with E-state index < -0.39 is 12.0 Å². The van der Waals surface area contributed by atoms with Gasteiger partial charge in [-0.05, 0) is 41.2 Å². The van der Waals surface area contributed by atoms with Crippen molar-refractivity contribution in [1.29, 1.82) is 0 Å². The Labute approximate surface area is 107 Å². The van der Waals surface area contributed by atoms with Gasteiger partial charge in [-0.15, -0.1) is 0 Å². The zero-order chi connectivity index (χ0) is 14.1. The molecule has 4 nitrogen and oxygen atoms in total. The summed E-state index contributed by atoms with van der Waals surface area (Å²) in [5, 5.41) is 18.7. The lowest BCUT2D eigenvalue weighted by Crippen LogP contribution is -2.18. The highest BCUT2D eigenvalue weighted by atomic mass is 16.4. The topological polar surface area (TPSA) is 83.5 Å². The molecule has 1 aromatic carbocycles. The summed E-state index contributed by atoms with van der Waals surface area (Å²) >= 11 is 0. The molecule has 0 aliphatic heterocycles. The van der Waals surface area contributed by atoms with E-state index in [1.807, 2.05) is 33.8 Å². The number of benzene rings is 1. The Hall–Kier alpha value is -1.55. The molecular formula is C14H21NO3. The molecule has 18 heavy (non-hydrogen) atoms. The number of carboxylic acid groups (broad SMARTS) is 1. The summed E-state index contributed by atoms with van der Waals surface area (Å²) in [5.74, 6) is -0.696. The molecule has 0 bridgehead atoms. The molecule has 0 aliphatic rings. The molecule has 0 fully saturated rings. The number of rotatable bonds is 3. The van der Waals surface area contributed by atoms with E-state index in [-0.39, 0.29) is 17.6 Å². The molecule has 0 spiro atoms. The predicted octanol–water partition coefficient (Wildman–Crippen LogP) is 2.47. The molecule has 0 aromatic heterocycles. The van der Waals surface area contributed by atoms with Gasteiger partial charge in [-0.3, -0.25) is 4.79 Å². The Morgan fingerprint density at radius 1 is 1.39 bits per heavy atom. The number of hydrogen-bond acceptors (Lipinski definition) is 3. The van der Waals surface area contributed by atoms with Gasteiger partial charge >= 0.3 is 5.97 Å². The van der Waals surface area contributed by atoms with Crippen LogP contribution < -0.4 is 5.73 Å². The minimum atomic E-state index is -0.924. The van der Waals surface area contributed by atoms with Crippen LogP contribution in [-0.2, 0) is 10.2 Å². The number of hydrogen-bond donors (Lipinski definition) is 3. The zero-order valence-electron chi connectivity index (χ0n) is 11.3. The second kappa shape index (κ2) is 4.98. The third kappa shape index (κ3) is 3.23. The first kappa shape index (κ1) is 14.5. The highest BCUT2D eigenvalue weighted by Gasteiger charge is 2.22. The molecule has 1 aromatic rings. The average molecular weight is 251 g/mol. The van der Waals surface area contributed by atoms with Gasteiger partial charge in [0.05, 0.1) is 6.42 Å². The molecule has 1 atom stereocenters. The number of nitrogens with two attached hydrogens (primary N) is 1. The fraction of sp³-hybridized carbons (Fsp3) is 0.500. The molecule has 0 radical (unpaired) electrons. The molecule has 1 unspecified atom stereocenters. The van der Waals surface area contributed by atoms with Crippen LogP contribution in [0.3, 0.4) is 0 Å². The molecule has 1 rings (SSSR count). The lowest BCUT2D eigenvalue weighted by molar-refractivity contribution is -0.137. The molecule has 0 heterocycles. The summed E-state index contributed by atoms with van der Waals surface area (Å²) in [6.45, 7) is 7.79. The summed E-state index contributed by atoms with van der Waals surface area (Å²) in [4.78, 5) is 10.7. The zero-order valence-corrected chi connectivity index (χ0v) is 11.3. The van der Waals surface area contributed by atoms with Crippen LogP contribution in [0.1, 0.15) is 49.9 Å². The second-order valence-corrected chi connectivity index (χ2v) is 5.68. The van der Waals surface area contributed by atoms with E-state index in [0.717, 1.165) is 16.7 Å². The van der Waals surface area contributed by atoms with E-state index >= 15 is 0 Å². The van der Waals surface area contributed by atoms with Crippen molar-refractivity contribution in [2.24, 2.45) is 5.73 Å². The number of carbonyl (C=O) groups is 1. The van der Waals surface area contributed by atoms with Crippen LogP contribution in [0.2, 0.25) is 0 Å². The number of phenols is 1. The molecule has 0 amide bonds. The van der Waals surface area contributed by atoms with Crippen molar-refractivity contribution >= 4 is 5.97 Å². The SMILES string of the molecule is Cc1cc(O)c(C(C)(C)C)cc1C(N)CC(=O)O. The molecule has 4 N–H and O–H groups in total. The van der Waals surface area contributed by atoms with Gasteiger partial charge in [-0.1, -0.05) is 20.8 Å². The van der Waals surface area contributed by atoms with E-state index in [9.17, 15) is 9.90 Å². The second-order valence-electron chi connectivity index (χ2n) is 5.68. The van der Waals surface area contributed by atoms with Gasteiger partial charge in [0.1, 0.15) is 5.75 Å². The lowest BCUT2D eigenvalue weighted by atomic mass is 9.83. The van der Waals surface area contributed by atoms with E-state index in [4.69, 9.17) is 10.8 Å². The Balaban J connectivity index is 3.25. The van der Waals surface area contributed by atoms with Crippen molar-refractivity contribution in [3.05, 3.63) is 28.8 Å². The minimum Gasteiger partial charge on any atom is -0.508 e. The van der Waals surface area contributed by atoms with Crippen molar-refractivity contribution in [3.63, 3.8) is 0 Å². The predicted molar refractivity (Wildman–Crippen MR) is 70.7 cm³/mol. The first-order valence-corrected chi connectivity index (χ1v) is 5.94. The smallest absolute Gasteiger partial charge is 0.305 e. The van der Waals surface area contributed by atoms with Crippen molar-refractivity contribution in [2.75, 3.05) is 0 Å². The maximum Gasteiger partial charge on any atom is 0.305 e. The summed E-state index contributed by atoms with van der Waals surface area (Å²) in [6.07, 6.45) is -0.116. The molecule has 100 valence electrons. The van der Waals surface area contributed by atoms with Crippen LogP contribution in [-0.4, -0.2) is 16.2 Å². The number of aromatic hydroxyl groups is 1. The van der Waals surface area contributed by atoms with Gasteiger partial charge in [0, 0.05) is 6.04 Å². The molecule has 0 saturated carbocycles. The first-order chi connectivity index (χ1) is 8.12.